The van der Waals surface area contributed by atoms with E-state index in [2.05, 4.69) is 20.6 Å². The van der Waals surface area contributed by atoms with E-state index in [4.69, 9.17) is 27.5 Å². The van der Waals surface area contributed by atoms with E-state index in [-0.39, 0.29) is 23.7 Å². The van der Waals surface area contributed by atoms with Crippen molar-refractivity contribution in [3.05, 3.63) is 59.2 Å². The summed E-state index contributed by atoms with van der Waals surface area (Å²) in [4.78, 5) is 20.6. The zero-order chi connectivity index (χ0) is 22.4. The molecule has 0 fully saturated rings. The number of aromatic nitrogens is 2. The number of benzene rings is 2. The van der Waals surface area contributed by atoms with Gasteiger partial charge >= 0.3 is 0 Å². The molecule has 1 amide bonds. The molecular weight excluding hydrogens is 416 g/mol. The van der Waals surface area contributed by atoms with Gasteiger partial charge in [-0.3, -0.25) is 4.79 Å². The Bertz CT molecular complexity index is 1100. The molecule has 0 saturated carbocycles. The highest BCUT2D eigenvalue weighted by molar-refractivity contribution is 6.29. The van der Waals surface area contributed by atoms with Gasteiger partial charge in [0, 0.05) is 40.8 Å². The molecule has 0 atom stereocenters. The lowest BCUT2D eigenvalue weighted by Crippen LogP contribution is -2.34. The summed E-state index contributed by atoms with van der Waals surface area (Å²) < 4.78 is 5.57. The van der Waals surface area contributed by atoms with E-state index in [1.165, 1.54) is 6.21 Å². The summed E-state index contributed by atoms with van der Waals surface area (Å²) in [6.07, 6.45) is 1.19. The summed E-state index contributed by atoms with van der Waals surface area (Å²) in [6, 6.07) is 14.0. The Balaban J connectivity index is 1.80. The second-order valence-corrected chi connectivity index (χ2v) is 7.44. The van der Waals surface area contributed by atoms with Gasteiger partial charge in [0.25, 0.3) is 5.91 Å². The lowest BCUT2D eigenvalue weighted by molar-refractivity contribution is -0.123. The number of halogens is 1. The van der Waals surface area contributed by atoms with Crippen LogP contribution in [-0.4, -0.2) is 34.7 Å². The predicted octanol–water partition coefficient (Wildman–Crippen LogP) is 4.02. The van der Waals surface area contributed by atoms with Crippen molar-refractivity contribution in [2.45, 2.75) is 19.9 Å². The molecule has 1 aromatic heterocycles. The predicted molar refractivity (Wildman–Crippen MR) is 123 cm³/mol. The summed E-state index contributed by atoms with van der Waals surface area (Å²) in [5.74, 6) is 1.20. The third kappa shape index (κ3) is 6.16. The number of carbonyl (C=O) groups excluding carboxylic acids is 1. The largest absolute Gasteiger partial charge is 0.484 e. The van der Waals surface area contributed by atoms with E-state index >= 15 is 0 Å². The van der Waals surface area contributed by atoms with Crippen molar-refractivity contribution in [1.82, 2.24) is 15.3 Å². The lowest BCUT2D eigenvalue weighted by Gasteiger charge is -2.11. The molecule has 0 aliphatic carbocycles. The van der Waals surface area contributed by atoms with Crippen molar-refractivity contribution >= 4 is 40.9 Å². The molecule has 0 saturated heterocycles. The first kappa shape index (κ1) is 22.0. The Kier molecular flexibility index (Phi) is 7.04. The monoisotopic (exact) mass is 438 g/mol. The molecule has 8 nitrogen and oxygen atoms in total. The highest BCUT2D eigenvalue weighted by Gasteiger charge is 2.10. The second-order valence-electron chi connectivity index (χ2n) is 7.05. The number of nitrogens with one attached hydrogen (secondary N) is 3. The van der Waals surface area contributed by atoms with Crippen LogP contribution in [0.5, 0.6) is 5.75 Å². The number of rotatable bonds is 8. The van der Waals surface area contributed by atoms with Crippen LogP contribution in [0.15, 0.2) is 48.5 Å². The molecule has 0 spiro atoms. The Morgan fingerprint density at radius 3 is 2.77 bits per heavy atom. The molecule has 0 unspecified atom stereocenters. The number of hydrogen-bond acceptors (Lipinski definition) is 7. The third-order valence-electron chi connectivity index (χ3n) is 4.12. The third-order valence-corrected chi connectivity index (χ3v) is 4.32. The quantitative estimate of drug-likeness (QED) is 0.239. The van der Waals surface area contributed by atoms with Crippen molar-refractivity contribution in [2.24, 2.45) is 0 Å². The van der Waals surface area contributed by atoms with E-state index in [1.54, 1.807) is 42.5 Å². The van der Waals surface area contributed by atoms with Gasteiger partial charge in [-0.15, -0.1) is 0 Å². The number of nitrogen functional groups attached to an aromatic ring is 1. The average Bonchev–Trinajstić information content (AvgIpc) is 2.73. The fourth-order valence-electron chi connectivity index (χ4n) is 2.77. The van der Waals surface area contributed by atoms with Gasteiger partial charge < -0.3 is 26.5 Å². The number of nitrogens with zero attached hydrogens (tertiary/aromatic N) is 2. The summed E-state index contributed by atoms with van der Waals surface area (Å²) in [6.45, 7) is 3.69. The first-order valence-corrected chi connectivity index (χ1v) is 9.96. The Morgan fingerprint density at radius 1 is 1.23 bits per heavy atom. The Hall–Kier alpha value is -3.65. The molecule has 0 radical (unpaired) electrons. The van der Waals surface area contributed by atoms with Gasteiger partial charge in [-0.2, -0.15) is 0 Å². The molecule has 3 aromatic rings. The molecule has 0 aliphatic rings. The van der Waals surface area contributed by atoms with Crippen LogP contribution in [0.2, 0.25) is 5.15 Å². The Labute approximate surface area is 185 Å². The van der Waals surface area contributed by atoms with Gasteiger partial charge in [0.05, 0.1) is 0 Å². The molecule has 0 aliphatic heterocycles. The van der Waals surface area contributed by atoms with Crippen LogP contribution in [-0.2, 0) is 4.79 Å². The molecule has 2 aromatic carbocycles. The molecule has 0 bridgehead atoms. The summed E-state index contributed by atoms with van der Waals surface area (Å²) in [5, 5.41) is 13.6. The molecule has 5 N–H and O–H groups in total. The minimum absolute atomic E-state index is 0.0457. The SMILES string of the molecule is CC(C)NC(=O)COc1cccc(-c2nc(Cl)cc(Nc3ccc(N)c(C=N)c3)n2)c1. The van der Waals surface area contributed by atoms with Crippen LogP contribution >= 0.6 is 11.6 Å². The molecule has 9 heteroatoms. The van der Waals surface area contributed by atoms with Gasteiger partial charge in [0.15, 0.2) is 12.4 Å². The van der Waals surface area contributed by atoms with E-state index < -0.39 is 0 Å². The standard InChI is InChI=1S/C22H23ClN6O2/c1-13(2)26-21(30)12-31-17-5-3-4-14(9-17)22-28-19(23)10-20(29-22)27-16-6-7-18(25)15(8-16)11-24/h3-11,13,24H,12,25H2,1-2H3,(H,26,30)(H,27,28,29). The van der Waals surface area contributed by atoms with E-state index in [1.807, 2.05) is 19.9 Å². The summed E-state index contributed by atoms with van der Waals surface area (Å²) in [5.41, 5.74) is 8.34. The van der Waals surface area contributed by atoms with Gasteiger partial charge in [0.2, 0.25) is 0 Å². The minimum Gasteiger partial charge on any atom is -0.484 e. The van der Waals surface area contributed by atoms with E-state index in [0.717, 1.165) is 0 Å². The molecule has 160 valence electrons. The number of carbonyl (C=O) groups is 1. The van der Waals surface area contributed by atoms with Crippen molar-refractivity contribution in [1.29, 1.82) is 5.41 Å². The zero-order valence-corrected chi connectivity index (χ0v) is 17.9. The maximum absolute atomic E-state index is 11.8. The van der Waals surface area contributed by atoms with Gasteiger partial charge in [-0.05, 0) is 44.2 Å². The number of nitrogens with two attached hydrogens (primary N) is 1. The summed E-state index contributed by atoms with van der Waals surface area (Å²) >= 11 is 6.21. The highest BCUT2D eigenvalue weighted by Crippen LogP contribution is 2.26. The molecule has 31 heavy (non-hydrogen) atoms. The van der Waals surface area contributed by atoms with Crippen LogP contribution < -0.4 is 21.1 Å². The topological polar surface area (TPSA) is 126 Å². The highest BCUT2D eigenvalue weighted by atomic mass is 35.5. The van der Waals surface area contributed by atoms with Crippen molar-refractivity contribution in [3.63, 3.8) is 0 Å². The summed E-state index contributed by atoms with van der Waals surface area (Å²) in [7, 11) is 0. The van der Waals surface area contributed by atoms with Crippen LogP contribution in [0.3, 0.4) is 0 Å². The van der Waals surface area contributed by atoms with Crippen LogP contribution in [0, 0.1) is 5.41 Å². The minimum atomic E-state index is -0.196. The van der Waals surface area contributed by atoms with Gasteiger partial charge in [-0.25, -0.2) is 9.97 Å². The van der Waals surface area contributed by atoms with Crippen molar-refractivity contribution in [3.8, 4) is 17.1 Å². The Morgan fingerprint density at radius 2 is 2.03 bits per heavy atom. The molecule has 1 heterocycles. The fourth-order valence-corrected chi connectivity index (χ4v) is 2.96. The number of amides is 1. The van der Waals surface area contributed by atoms with Gasteiger partial charge in [-0.1, -0.05) is 23.7 Å². The maximum Gasteiger partial charge on any atom is 0.258 e. The lowest BCUT2D eigenvalue weighted by atomic mass is 10.1. The molecule has 3 rings (SSSR count). The smallest absolute Gasteiger partial charge is 0.258 e. The normalized spacial score (nSPS) is 10.6. The number of hydrogen-bond donors (Lipinski definition) is 4. The average molecular weight is 439 g/mol. The van der Waals surface area contributed by atoms with Crippen molar-refractivity contribution < 1.29 is 9.53 Å². The first-order chi connectivity index (χ1) is 14.8. The first-order valence-electron chi connectivity index (χ1n) is 9.58. The molecular formula is C22H23ClN6O2. The number of anilines is 3. The number of ether oxygens (including phenoxy) is 1. The van der Waals surface area contributed by atoms with E-state index in [0.29, 0.717) is 39.9 Å². The van der Waals surface area contributed by atoms with Crippen LogP contribution in [0.1, 0.15) is 19.4 Å². The van der Waals surface area contributed by atoms with Gasteiger partial charge in [0.1, 0.15) is 16.7 Å². The van der Waals surface area contributed by atoms with E-state index in [9.17, 15) is 4.79 Å². The maximum atomic E-state index is 11.8. The zero-order valence-electron chi connectivity index (χ0n) is 17.1. The van der Waals surface area contributed by atoms with Crippen LogP contribution in [0.25, 0.3) is 11.4 Å². The second kappa shape index (κ2) is 9.90. The van der Waals surface area contributed by atoms with Crippen LogP contribution in [0.4, 0.5) is 17.2 Å². The fraction of sp³-hybridized carbons (Fsp3) is 0.182. The van der Waals surface area contributed by atoms with Crippen molar-refractivity contribution in [2.75, 3.05) is 17.7 Å².